The number of nitrogens with zero attached hydrogens (tertiary/aromatic N) is 16. The van der Waals surface area contributed by atoms with E-state index >= 15 is 0 Å². The summed E-state index contributed by atoms with van der Waals surface area (Å²) in [6, 6.07) is 25.4. The van der Waals surface area contributed by atoms with E-state index in [4.69, 9.17) is 141 Å². The molecule has 1 aliphatic rings. The molecular formula is C67H64Cl6N24O11. The molecule has 108 heavy (non-hydrogen) atoms. The van der Waals surface area contributed by atoms with Crippen molar-refractivity contribution in [3.63, 3.8) is 0 Å². The second-order valence-corrected chi connectivity index (χ2v) is 25.8. The number of nitrogens with two attached hydrogens (primary N) is 6. The second-order valence-electron chi connectivity index (χ2n) is 21.3. The monoisotopic (exact) mass is 1590 g/mol. The van der Waals surface area contributed by atoms with Gasteiger partial charge in [0, 0.05) is 95.1 Å². The van der Waals surface area contributed by atoms with Crippen molar-refractivity contribution in [2.75, 3.05) is 41.9 Å². The Labute approximate surface area is 642 Å². The van der Waals surface area contributed by atoms with Gasteiger partial charge in [-0.05, 0) is 94.8 Å². The molecule has 9 heterocycles. The Bertz CT molecular complexity index is 5350. The molecule has 1 fully saturated rings. The fraction of sp³-hybridized carbons (Fsp3) is 0.224. The number of fused-ring (bicyclic) bond motifs is 4. The number of nitrogen functional groups attached to an aromatic ring is 5. The van der Waals surface area contributed by atoms with Gasteiger partial charge in [-0.15, -0.1) is 15.3 Å². The molecule has 1 aliphatic carbocycles. The smallest absolute Gasteiger partial charge is 0.461 e. The highest BCUT2D eigenvalue weighted by Gasteiger charge is 2.29. The van der Waals surface area contributed by atoms with Crippen LogP contribution in [0.3, 0.4) is 0 Å². The minimum Gasteiger partial charge on any atom is -0.477 e. The van der Waals surface area contributed by atoms with Gasteiger partial charge >= 0.3 is 28.0 Å². The molecule has 9 aromatic heterocycles. The SMILES string of the molecule is CC(=O)CC#N.CC/C(C#N)=C(\N)C(Cl)(Cl)Cl.CCOC(=O)c1c(N)n[nH]c1N.CCOC(=O)c1c(N)nn2cccnc12.C[C@H](NC(=O)c1c(N)nn2cccnc12)c1cc2cccc(C#Cc3cnn(C4CC4)c3)c2c(=O)n1-c1ccccc1.Nc1nn2cccnc2c1C(=O)O.O=C=O.[C-]#[N+]C(Cl)(Cl)Cl. The summed E-state index contributed by atoms with van der Waals surface area (Å²) in [6.45, 7) is 15.1. The number of halogens is 6. The topological polar surface area (TPSA) is 537 Å². The van der Waals surface area contributed by atoms with Gasteiger partial charge in [-0.25, -0.2) is 49.5 Å². The van der Waals surface area contributed by atoms with Crippen LogP contribution in [0.1, 0.15) is 131 Å². The number of pyridine rings is 1. The van der Waals surface area contributed by atoms with Crippen molar-refractivity contribution in [1.29, 1.82) is 10.5 Å². The summed E-state index contributed by atoms with van der Waals surface area (Å²) in [5.74, 6) is 4.07. The van der Waals surface area contributed by atoms with E-state index < -0.39 is 37.6 Å². The summed E-state index contributed by atoms with van der Waals surface area (Å²) in [7, 11) is 0. The number of hydrogen-bond donors (Lipinski definition) is 9. The third kappa shape index (κ3) is 23.9. The van der Waals surface area contributed by atoms with Gasteiger partial charge in [-0.2, -0.15) is 30.3 Å². The first-order chi connectivity index (χ1) is 51.2. The molecule has 0 unspecified atom stereocenters. The third-order valence-electron chi connectivity index (χ3n) is 13.8. The first kappa shape index (κ1) is 85.8. The summed E-state index contributed by atoms with van der Waals surface area (Å²) >= 11 is 31.0. The maximum Gasteiger partial charge on any atom is 0.461 e. The summed E-state index contributed by atoms with van der Waals surface area (Å²) in [5, 5.41) is 51.5. The molecule has 2 aromatic carbocycles. The number of anilines is 5. The van der Waals surface area contributed by atoms with Gasteiger partial charge in [-0.3, -0.25) is 33.6 Å². The number of ketones is 1. The zero-order valence-electron chi connectivity index (χ0n) is 57.4. The molecule has 35 nitrogen and oxygen atoms in total. The number of hydrogen-bond acceptors (Lipinski definition) is 26. The molecule has 0 bridgehead atoms. The van der Waals surface area contributed by atoms with Crippen LogP contribution in [0.4, 0.5) is 29.1 Å². The maximum absolute atomic E-state index is 14.3. The van der Waals surface area contributed by atoms with Gasteiger partial charge in [0.1, 0.15) is 33.9 Å². The number of carbonyl (C=O) groups is 5. The standard InChI is InChI=1S/C32H26N8O2.C9H10N4O2.C7H6N4O2.C6H7Cl3N2.C6H10N4O2.C4H5NO.C2Cl3N.CO2/c1-20(36-31(41)28-29(33)37-38-16-6-15-34-30(28)38)26-17-23-8-5-7-22(12-11-21-18-35-39(19-21)24-13-14-24)27(23)32(42)40(26)25-9-3-2-4-10-25;1-2-15-9(14)6-7(10)12-13-5-3-4-11-8(6)13;8-5-4(7(12)13)6-9-2-1-3-11(6)10-5;1-2-4(3-10)5(11)6(7,8)9;1-2-12-6(11)3-4(7)9-10-5(3)8;1-4(6)2-3-5;1-6-2(3,4)5;2-1-3/h2-10,15-20,24H,13-14H2,1H3,(H2,33,37)(H,36,41);3-5H,2H2,1H3,(H2,10,12);1-3H,(H2,8,10)(H,12,13);2,11H2,1H3;2H2,1H3,(H5,7,8,9,10);2H2,1H3;;/b;;;5-4+;;;;/t20-;;;;;;;/m0......./s1. The normalized spacial score (nSPS) is 11.5. The number of carboxylic acids is 1. The van der Waals surface area contributed by atoms with E-state index in [9.17, 15) is 28.8 Å². The first-order valence-electron chi connectivity index (χ1n) is 31.1. The van der Waals surface area contributed by atoms with Crippen molar-refractivity contribution in [1.82, 2.24) is 73.7 Å². The lowest BCUT2D eigenvalue weighted by atomic mass is 10.0. The van der Waals surface area contributed by atoms with Crippen molar-refractivity contribution >= 4 is 162 Å². The fourth-order valence-corrected chi connectivity index (χ4v) is 9.35. The number of alkyl halides is 6. The maximum atomic E-state index is 14.3. The zero-order valence-corrected chi connectivity index (χ0v) is 61.9. The summed E-state index contributed by atoms with van der Waals surface area (Å²) in [5.41, 5.74) is 37.5. The van der Waals surface area contributed by atoms with Gasteiger partial charge in [0.15, 0.2) is 40.2 Å². The number of carboxylic acid groups (broad SMARTS) is 1. The third-order valence-corrected chi connectivity index (χ3v) is 14.7. The molecule has 15 N–H and O–H groups in total. The van der Waals surface area contributed by atoms with Crippen molar-refractivity contribution in [3.05, 3.63) is 194 Å². The van der Waals surface area contributed by atoms with Crippen LogP contribution in [0.2, 0.25) is 0 Å². The number of aromatic amines is 1. The van der Waals surface area contributed by atoms with E-state index in [0.29, 0.717) is 58.3 Å². The van der Waals surface area contributed by atoms with Crippen LogP contribution in [0.15, 0.2) is 138 Å². The molecule has 12 rings (SSSR count). The van der Waals surface area contributed by atoms with Crippen LogP contribution in [-0.2, 0) is 23.9 Å². The number of para-hydroxylation sites is 1. The number of carbonyl (C=O) groups excluding carboxylic acids is 6. The van der Waals surface area contributed by atoms with E-state index in [1.165, 1.54) is 26.7 Å². The van der Waals surface area contributed by atoms with Gasteiger partial charge in [0.2, 0.25) is 3.79 Å². The van der Waals surface area contributed by atoms with E-state index in [-0.39, 0.29) is 93.2 Å². The number of ether oxygens (including phenoxy) is 2. The Balaban J connectivity index is 0.000000260. The lowest BCUT2D eigenvalue weighted by molar-refractivity contribution is -0.191. The average Bonchev–Trinajstić information content (AvgIpc) is 1.24. The highest BCUT2D eigenvalue weighted by Crippen LogP contribution is 2.35. The van der Waals surface area contributed by atoms with Crippen LogP contribution < -0.4 is 45.3 Å². The number of aromatic carboxylic acids is 1. The van der Waals surface area contributed by atoms with Crippen molar-refractivity contribution in [3.8, 4) is 29.7 Å². The van der Waals surface area contributed by atoms with Crippen molar-refractivity contribution in [2.24, 2.45) is 5.73 Å². The van der Waals surface area contributed by atoms with E-state index in [1.807, 2.05) is 78.5 Å². The highest BCUT2D eigenvalue weighted by atomic mass is 35.6. The number of allylic oxidation sites excluding steroid dienone is 2. The molecule has 11 aromatic rings. The van der Waals surface area contributed by atoms with Crippen LogP contribution in [0, 0.1) is 41.1 Å². The molecule has 0 spiro atoms. The molecular weight excluding hydrogens is 1530 g/mol. The number of esters is 2. The number of H-pyrrole nitrogens is 1. The minimum absolute atomic E-state index is 0.00694. The second kappa shape index (κ2) is 40.4. The van der Waals surface area contributed by atoms with Gasteiger partial charge in [0.25, 0.3) is 11.5 Å². The number of rotatable bonds is 12. The molecule has 0 aliphatic heterocycles. The number of benzene rings is 2. The average molecular weight is 1590 g/mol. The molecule has 1 atom stereocenters. The van der Waals surface area contributed by atoms with Crippen LogP contribution in [0.5, 0.6) is 0 Å². The quantitative estimate of drug-likeness (QED) is 0.0137. The van der Waals surface area contributed by atoms with E-state index in [2.05, 4.69) is 72.3 Å². The minimum atomic E-state index is -1.75. The van der Waals surface area contributed by atoms with Crippen LogP contribution in [0.25, 0.3) is 38.2 Å². The van der Waals surface area contributed by atoms with Gasteiger partial charge in [0.05, 0.1) is 72.3 Å². The summed E-state index contributed by atoms with van der Waals surface area (Å²) < 4.78 is 14.0. The Morgan fingerprint density at radius 2 is 1.26 bits per heavy atom. The molecule has 1 saturated carbocycles. The number of nitriles is 2. The highest BCUT2D eigenvalue weighted by molar-refractivity contribution is 6.69. The molecule has 0 saturated heterocycles. The number of nitrogens with one attached hydrogen (secondary N) is 2. The largest absolute Gasteiger partial charge is 0.477 e. The Morgan fingerprint density at radius 1 is 0.750 bits per heavy atom. The van der Waals surface area contributed by atoms with Crippen molar-refractivity contribution < 1.29 is 48.1 Å². The van der Waals surface area contributed by atoms with E-state index in [0.717, 1.165) is 23.8 Å². The van der Waals surface area contributed by atoms with E-state index in [1.54, 1.807) is 86.8 Å². The molecule has 1 amide bonds. The number of aromatic nitrogens is 14. The lowest BCUT2D eigenvalue weighted by Crippen LogP contribution is -2.32. The predicted octanol–water partition coefficient (Wildman–Crippen LogP) is 8.93. The summed E-state index contributed by atoms with van der Waals surface area (Å²) in [4.78, 5) is 102. The number of amides is 1. The van der Waals surface area contributed by atoms with Gasteiger partial charge < -0.3 is 54.3 Å². The Kier molecular flexibility index (Phi) is 32.1. The Hall–Kier alpha value is -12.8. The van der Waals surface area contributed by atoms with Crippen molar-refractivity contribution in [2.45, 2.75) is 80.1 Å². The summed E-state index contributed by atoms with van der Waals surface area (Å²) in [6.07, 6.45) is 16.3. The fourth-order valence-electron chi connectivity index (χ4n) is 9.01. The lowest BCUT2D eigenvalue weighted by Gasteiger charge is -2.21. The van der Waals surface area contributed by atoms with Crippen LogP contribution in [-0.4, -0.2) is 130 Å². The van der Waals surface area contributed by atoms with Gasteiger partial charge in [-0.1, -0.05) is 83.9 Å². The Morgan fingerprint density at radius 3 is 1.69 bits per heavy atom. The first-order valence-corrected chi connectivity index (χ1v) is 33.3. The van der Waals surface area contributed by atoms with Crippen LogP contribution >= 0.6 is 69.6 Å². The molecule has 0 radical (unpaired) electrons. The zero-order chi connectivity index (χ0) is 80.2. The molecule has 560 valence electrons. The predicted molar refractivity (Wildman–Crippen MR) is 401 cm³/mol. The molecule has 41 heteroatoms. The number of Topliss-reactive ketones (excluding diaryl/α,β-unsaturated/α-hetero) is 1.